The summed E-state index contributed by atoms with van der Waals surface area (Å²) in [5, 5.41) is 5.36. The lowest BCUT2D eigenvalue weighted by molar-refractivity contribution is 0.0740. The molecule has 26 heavy (non-hydrogen) atoms. The van der Waals surface area contributed by atoms with Crippen LogP contribution in [0.15, 0.2) is 24.3 Å². The summed E-state index contributed by atoms with van der Waals surface area (Å²) in [5.41, 5.74) is 3.93. The quantitative estimate of drug-likeness (QED) is 0.712. The molecule has 2 aromatic heterocycles. The van der Waals surface area contributed by atoms with Crippen molar-refractivity contribution in [3.8, 4) is 0 Å². The van der Waals surface area contributed by atoms with Gasteiger partial charge in [0.15, 0.2) is 10.8 Å². The van der Waals surface area contributed by atoms with Crippen LogP contribution in [0.5, 0.6) is 0 Å². The van der Waals surface area contributed by atoms with E-state index < -0.39 is 0 Å². The molecule has 1 saturated heterocycles. The van der Waals surface area contributed by atoms with Gasteiger partial charge < -0.3 is 9.80 Å². The van der Waals surface area contributed by atoms with Crippen molar-refractivity contribution in [3.63, 3.8) is 0 Å². The highest BCUT2D eigenvalue weighted by molar-refractivity contribution is 7.22. The van der Waals surface area contributed by atoms with Crippen molar-refractivity contribution in [2.75, 3.05) is 31.1 Å². The molecule has 3 aromatic rings. The maximum Gasteiger partial charge on any atom is 0.274 e. The van der Waals surface area contributed by atoms with Gasteiger partial charge in [0.25, 0.3) is 5.91 Å². The standard InChI is InChI=1S/C19H23N5OS/c1-4-14-5-6-15-17(12-14)26-19(20-15)24-9-7-23(8-10-24)18(25)16-11-13(2)22(3)21-16/h5-6,11-12H,4,7-10H2,1-3H3. The number of fused-ring (bicyclic) bond motifs is 1. The summed E-state index contributed by atoms with van der Waals surface area (Å²) in [6, 6.07) is 8.35. The molecule has 0 spiro atoms. The number of aromatic nitrogens is 3. The van der Waals surface area contributed by atoms with Crippen LogP contribution in [0, 0.1) is 6.92 Å². The van der Waals surface area contributed by atoms with Gasteiger partial charge >= 0.3 is 0 Å². The summed E-state index contributed by atoms with van der Waals surface area (Å²) in [5.74, 6) is 0.0187. The van der Waals surface area contributed by atoms with Gasteiger partial charge in [0, 0.05) is 38.9 Å². The maximum absolute atomic E-state index is 12.6. The average Bonchev–Trinajstić information content (AvgIpc) is 3.24. The zero-order valence-electron chi connectivity index (χ0n) is 15.4. The van der Waals surface area contributed by atoms with Crippen molar-refractivity contribution in [2.24, 2.45) is 7.05 Å². The van der Waals surface area contributed by atoms with E-state index in [2.05, 4.69) is 35.1 Å². The van der Waals surface area contributed by atoms with Crippen molar-refractivity contribution in [1.82, 2.24) is 19.7 Å². The molecule has 0 aliphatic carbocycles. The number of carbonyl (C=O) groups is 1. The van der Waals surface area contributed by atoms with E-state index in [0.29, 0.717) is 18.8 Å². The topological polar surface area (TPSA) is 54.3 Å². The SMILES string of the molecule is CCc1ccc2nc(N3CCN(C(=O)c4cc(C)n(C)n4)CC3)sc2c1. The van der Waals surface area contributed by atoms with Crippen LogP contribution in [0.2, 0.25) is 0 Å². The smallest absolute Gasteiger partial charge is 0.274 e. The number of amides is 1. The second-order valence-electron chi connectivity index (χ2n) is 6.73. The number of piperazine rings is 1. The first-order valence-corrected chi connectivity index (χ1v) is 9.81. The second-order valence-corrected chi connectivity index (χ2v) is 7.73. The van der Waals surface area contributed by atoms with Gasteiger partial charge in [-0.2, -0.15) is 5.10 Å². The molecule has 0 N–H and O–H groups in total. The van der Waals surface area contributed by atoms with Gasteiger partial charge in [0.05, 0.1) is 10.2 Å². The third kappa shape index (κ3) is 3.07. The number of carbonyl (C=O) groups excluding carboxylic acids is 1. The van der Waals surface area contributed by atoms with Crippen molar-refractivity contribution in [1.29, 1.82) is 0 Å². The Morgan fingerprint density at radius 2 is 1.96 bits per heavy atom. The van der Waals surface area contributed by atoms with Crippen LogP contribution >= 0.6 is 11.3 Å². The number of anilines is 1. The van der Waals surface area contributed by atoms with E-state index in [1.54, 1.807) is 16.0 Å². The molecule has 1 aliphatic rings. The number of benzene rings is 1. The molecule has 0 radical (unpaired) electrons. The van der Waals surface area contributed by atoms with E-state index in [0.717, 1.165) is 35.9 Å². The highest BCUT2D eigenvalue weighted by Gasteiger charge is 2.25. The van der Waals surface area contributed by atoms with Crippen LogP contribution in [0.25, 0.3) is 10.2 Å². The van der Waals surface area contributed by atoms with E-state index in [1.165, 1.54) is 10.3 Å². The van der Waals surface area contributed by atoms with Crippen LogP contribution < -0.4 is 4.90 Å². The lowest BCUT2D eigenvalue weighted by atomic mass is 10.2. The van der Waals surface area contributed by atoms with Crippen molar-refractivity contribution in [2.45, 2.75) is 20.3 Å². The summed E-state index contributed by atoms with van der Waals surface area (Å²) in [4.78, 5) is 21.6. The van der Waals surface area contributed by atoms with E-state index in [4.69, 9.17) is 4.98 Å². The van der Waals surface area contributed by atoms with E-state index in [-0.39, 0.29) is 5.91 Å². The minimum atomic E-state index is 0.0187. The van der Waals surface area contributed by atoms with Gasteiger partial charge in [-0.15, -0.1) is 0 Å². The summed E-state index contributed by atoms with van der Waals surface area (Å²) in [6.45, 7) is 7.13. The second kappa shape index (κ2) is 6.72. The molecule has 4 rings (SSSR count). The van der Waals surface area contributed by atoms with Crippen LogP contribution in [0.4, 0.5) is 5.13 Å². The Labute approximate surface area is 157 Å². The average molecular weight is 369 g/mol. The third-order valence-corrected chi connectivity index (χ3v) is 6.10. The van der Waals surface area contributed by atoms with E-state index >= 15 is 0 Å². The summed E-state index contributed by atoms with van der Waals surface area (Å²) < 4.78 is 2.98. The molecule has 3 heterocycles. The number of hydrogen-bond acceptors (Lipinski definition) is 5. The van der Waals surface area contributed by atoms with Crippen LogP contribution in [-0.2, 0) is 13.5 Å². The molecule has 6 nitrogen and oxygen atoms in total. The molecule has 0 bridgehead atoms. The number of nitrogens with zero attached hydrogens (tertiary/aromatic N) is 5. The molecule has 0 atom stereocenters. The fourth-order valence-electron chi connectivity index (χ4n) is 3.24. The predicted molar refractivity (Wildman–Crippen MR) is 105 cm³/mol. The minimum absolute atomic E-state index is 0.0187. The van der Waals surface area contributed by atoms with E-state index in [1.807, 2.05) is 24.9 Å². The first-order chi connectivity index (χ1) is 12.5. The number of aryl methyl sites for hydroxylation is 3. The Morgan fingerprint density at radius 1 is 1.19 bits per heavy atom. The van der Waals surface area contributed by atoms with Gasteiger partial charge in [0.2, 0.25) is 0 Å². The van der Waals surface area contributed by atoms with Crippen LogP contribution in [-0.4, -0.2) is 51.8 Å². The lowest BCUT2D eigenvalue weighted by Crippen LogP contribution is -2.48. The molecule has 1 fully saturated rings. The van der Waals surface area contributed by atoms with Crippen LogP contribution in [0.3, 0.4) is 0 Å². The molecule has 1 aromatic carbocycles. The molecule has 0 saturated carbocycles. The van der Waals surface area contributed by atoms with Gasteiger partial charge in [-0.1, -0.05) is 24.3 Å². The first kappa shape index (κ1) is 17.0. The molecule has 7 heteroatoms. The Kier molecular flexibility index (Phi) is 4.40. The number of rotatable bonds is 3. The van der Waals surface area contributed by atoms with E-state index in [9.17, 15) is 4.79 Å². The zero-order chi connectivity index (χ0) is 18.3. The summed E-state index contributed by atoms with van der Waals surface area (Å²) >= 11 is 1.74. The highest BCUT2D eigenvalue weighted by atomic mass is 32.1. The Morgan fingerprint density at radius 3 is 2.62 bits per heavy atom. The van der Waals surface area contributed by atoms with Gasteiger partial charge in [-0.25, -0.2) is 4.98 Å². The summed E-state index contributed by atoms with van der Waals surface area (Å²) in [7, 11) is 1.86. The Hall–Kier alpha value is -2.41. The first-order valence-electron chi connectivity index (χ1n) is 8.99. The molecule has 136 valence electrons. The monoisotopic (exact) mass is 369 g/mol. The molecule has 0 unspecified atom stereocenters. The minimum Gasteiger partial charge on any atom is -0.345 e. The third-order valence-electron chi connectivity index (χ3n) is 5.02. The van der Waals surface area contributed by atoms with Gasteiger partial charge in [-0.3, -0.25) is 9.48 Å². The predicted octanol–water partition coefficient (Wildman–Crippen LogP) is 2.86. The number of hydrogen-bond donors (Lipinski definition) is 0. The Balaban J connectivity index is 1.45. The Bertz CT molecular complexity index is 933. The largest absolute Gasteiger partial charge is 0.345 e. The zero-order valence-corrected chi connectivity index (χ0v) is 16.2. The molecule has 1 aliphatic heterocycles. The van der Waals surface area contributed by atoms with Crippen molar-refractivity contribution < 1.29 is 4.79 Å². The van der Waals surface area contributed by atoms with Gasteiger partial charge in [-0.05, 0) is 37.1 Å². The fourth-order valence-corrected chi connectivity index (χ4v) is 4.32. The van der Waals surface area contributed by atoms with Gasteiger partial charge in [0.1, 0.15) is 0 Å². The van der Waals surface area contributed by atoms with Crippen molar-refractivity contribution >= 4 is 32.6 Å². The molecular formula is C19H23N5OS. The van der Waals surface area contributed by atoms with Crippen LogP contribution in [0.1, 0.15) is 28.7 Å². The lowest BCUT2D eigenvalue weighted by Gasteiger charge is -2.34. The molecular weight excluding hydrogens is 346 g/mol. The number of thiazole rings is 1. The van der Waals surface area contributed by atoms with Crippen molar-refractivity contribution in [3.05, 3.63) is 41.2 Å². The maximum atomic E-state index is 12.6. The summed E-state index contributed by atoms with van der Waals surface area (Å²) in [6.07, 6.45) is 1.04. The molecule has 1 amide bonds. The highest BCUT2D eigenvalue weighted by Crippen LogP contribution is 2.30. The normalized spacial score (nSPS) is 15.0. The fraction of sp³-hybridized carbons (Fsp3) is 0.421.